The van der Waals surface area contributed by atoms with Crippen molar-refractivity contribution in [3.05, 3.63) is 70.2 Å². The maximum Gasteiger partial charge on any atom is 0.228 e. The highest BCUT2D eigenvalue weighted by Crippen LogP contribution is 2.29. The van der Waals surface area contributed by atoms with Crippen LogP contribution in [0.2, 0.25) is 0 Å². The van der Waals surface area contributed by atoms with Crippen molar-refractivity contribution in [2.24, 2.45) is 0 Å². The molecule has 6 heteroatoms. The Bertz CT molecular complexity index is 1140. The number of hydrogen-bond acceptors (Lipinski definition) is 4. The van der Waals surface area contributed by atoms with Crippen molar-refractivity contribution in [3.8, 4) is 11.5 Å². The molecule has 0 saturated heterocycles. The molecular weight excluding hydrogens is 516 g/mol. The number of nitrogens with zero attached hydrogens (tertiary/aromatic N) is 1. The summed E-state index contributed by atoms with van der Waals surface area (Å²) in [5.41, 5.74) is 4.98. The summed E-state index contributed by atoms with van der Waals surface area (Å²) < 4.78 is 13.7. The van der Waals surface area contributed by atoms with Gasteiger partial charge in [-0.25, -0.2) is 0 Å². The first kappa shape index (κ1) is 31.7. The van der Waals surface area contributed by atoms with Crippen molar-refractivity contribution < 1.29 is 18.8 Å². The molecule has 0 unspecified atom stereocenters. The number of amides is 1. The van der Waals surface area contributed by atoms with Gasteiger partial charge in [-0.3, -0.25) is 4.79 Å². The minimum Gasteiger partial charge on any atom is -0.493 e. The molecule has 0 fully saturated rings. The first-order valence-corrected chi connectivity index (χ1v) is 16.1. The van der Waals surface area contributed by atoms with E-state index in [2.05, 4.69) is 41.5 Å². The molecule has 5 nitrogen and oxygen atoms in total. The lowest BCUT2D eigenvalue weighted by Gasteiger charge is -2.13. The second-order valence-electron chi connectivity index (χ2n) is 10.8. The molecule has 0 bridgehead atoms. The monoisotopic (exact) mass is 565 g/mol. The zero-order valence-electron chi connectivity index (χ0n) is 24.9. The fourth-order valence-electron chi connectivity index (χ4n) is 4.95. The standard InChI is InChI=1S/C34H48N2O3S/c1-4-5-6-7-8-9-10-11-12-13-14-15-21-39-33-23-29(19-20-32(33)38-3)24-34(37)35-31-18-16-17-30(22-31)26-36-25-28(2)40-27-36/h16-20,22-23,25,27H,4-15,21,24,26H2,1-3H3/p+1. The quantitative estimate of drug-likeness (QED) is 0.110. The zero-order valence-corrected chi connectivity index (χ0v) is 25.7. The van der Waals surface area contributed by atoms with Crippen LogP contribution in [0.4, 0.5) is 5.69 Å². The maximum atomic E-state index is 12.8. The van der Waals surface area contributed by atoms with E-state index < -0.39 is 0 Å². The van der Waals surface area contributed by atoms with Crippen LogP contribution in [0.15, 0.2) is 54.2 Å². The number of aryl methyl sites for hydroxylation is 1. The van der Waals surface area contributed by atoms with E-state index in [1.807, 2.05) is 36.4 Å². The summed E-state index contributed by atoms with van der Waals surface area (Å²) in [6.07, 6.45) is 18.3. The lowest BCUT2D eigenvalue weighted by atomic mass is 10.1. The number of carbonyl (C=O) groups excluding carboxylic acids is 1. The van der Waals surface area contributed by atoms with Crippen LogP contribution in [0.25, 0.3) is 0 Å². The lowest BCUT2D eigenvalue weighted by Crippen LogP contribution is -2.30. The molecule has 0 atom stereocenters. The molecule has 3 rings (SSSR count). The largest absolute Gasteiger partial charge is 0.493 e. The van der Waals surface area contributed by atoms with E-state index in [1.54, 1.807) is 18.4 Å². The molecule has 0 aliphatic carbocycles. The summed E-state index contributed by atoms with van der Waals surface area (Å²) in [7, 11) is 1.65. The molecule has 2 aromatic carbocycles. The molecule has 0 saturated carbocycles. The molecular formula is C34H49N2O3S+. The van der Waals surface area contributed by atoms with Crippen LogP contribution in [0.5, 0.6) is 11.5 Å². The molecule has 1 N–H and O–H groups in total. The minimum absolute atomic E-state index is 0.0479. The van der Waals surface area contributed by atoms with Gasteiger partial charge in [-0.05, 0) is 43.2 Å². The second kappa shape index (κ2) is 18.5. The van der Waals surface area contributed by atoms with E-state index in [1.165, 1.54) is 75.5 Å². The molecule has 1 heterocycles. The summed E-state index contributed by atoms with van der Waals surface area (Å²) in [6, 6.07) is 13.8. The van der Waals surface area contributed by atoms with Gasteiger partial charge in [-0.1, -0.05) is 107 Å². The molecule has 3 aromatic rings. The molecule has 0 radical (unpaired) electrons. The van der Waals surface area contributed by atoms with Crippen molar-refractivity contribution in [1.82, 2.24) is 0 Å². The third kappa shape index (κ3) is 12.1. The summed E-state index contributed by atoms with van der Waals surface area (Å²) >= 11 is 1.73. The van der Waals surface area contributed by atoms with Crippen molar-refractivity contribution in [2.45, 2.75) is 104 Å². The highest BCUT2D eigenvalue weighted by Gasteiger charge is 2.11. The number of unbranched alkanes of at least 4 members (excludes halogenated alkanes) is 11. The Hall–Kier alpha value is -2.86. The van der Waals surface area contributed by atoms with E-state index >= 15 is 0 Å². The molecule has 0 aliphatic rings. The number of methoxy groups -OCH3 is 1. The van der Waals surface area contributed by atoms with E-state index in [0.717, 1.165) is 29.8 Å². The van der Waals surface area contributed by atoms with E-state index in [-0.39, 0.29) is 12.3 Å². The van der Waals surface area contributed by atoms with Gasteiger partial charge in [-0.2, -0.15) is 4.57 Å². The van der Waals surface area contributed by atoms with Gasteiger partial charge in [0.05, 0.1) is 25.0 Å². The molecule has 40 heavy (non-hydrogen) atoms. The van der Waals surface area contributed by atoms with Crippen LogP contribution in [0.1, 0.15) is 100.0 Å². The summed E-state index contributed by atoms with van der Waals surface area (Å²) in [6.45, 7) is 5.83. The van der Waals surface area contributed by atoms with Gasteiger partial charge in [0.1, 0.15) is 0 Å². The maximum absolute atomic E-state index is 12.8. The topological polar surface area (TPSA) is 51.4 Å². The second-order valence-corrected chi connectivity index (χ2v) is 11.9. The van der Waals surface area contributed by atoms with Gasteiger partial charge in [0.2, 0.25) is 11.4 Å². The number of anilines is 1. The summed E-state index contributed by atoms with van der Waals surface area (Å²) in [4.78, 5) is 14.1. The Morgan fingerprint density at radius 1 is 0.850 bits per heavy atom. The number of hydrogen-bond donors (Lipinski definition) is 1. The smallest absolute Gasteiger partial charge is 0.228 e. The predicted molar refractivity (Wildman–Crippen MR) is 167 cm³/mol. The fraction of sp³-hybridized carbons (Fsp3) is 0.529. The zero-order chi connectivity index (χ0) is 28.4. The van der Waals surface area contributed by atoms with Crippen molar-refractivity contribution in [2.75, 3.05) is 19.0 Å². The normalized spacial score (nSPS) is 11.0. The van der Waals surface area contributed by atoms with Crippen LogP contribution in [-0.2, 0) is 17.8 Å². The third-order valence-corrected chi connectivity index (χ3v) is 8.00. The number of carbonyl (C=O) groups is 1. The van der Waals surface area contributed by atoms with E-state index in [4.69, 9.17) is 9.47 Å². The lowest BCUT2D eigenvalue weighted by molar-refractivity contribution is -0.683. The predicted octanol–water partition coefficient (Wildman–Crippen LogP) is 8.66. The highest BCUT2D eigenvalue weighted by molar-refractivity contribution is 7.09. The van der Waals surface area contributed by atoms with Crippen molar-refractivity contribution in [1.29, 1.82) is 0 Å². The molecule has 0 spiro atoms. The molecule has 1 amide bonds. The van der Waals surface area contributed by atoms with Gasteiger partial charge < -0.3 is 14.8 Å². The average Bonchev–Trinajstić information content (AvgIpc) is 3.35. The number of benzene rings is 2. The molecule has 218 valence electrons. The van der Waals surface area contributed by atoms with Crippen LogP contribution in [-0.4, -0.2) is 19.6 Å². The van der Waals surface area contributed by atoms with Crippen LogP contribution in [0.3, 0.4) is 0 Å². The Balaban J connectivity index is 1.36. The van der Waals surface area contributed by atoms with Gasteiger partial charge in [0.25, 0.3) is 0 Å². The van der Waals surface area contributed by atoms with E-state index in [0.29, 0.717) is 18.1 Å². The fourth-order valence-corrected chi connectivity index (χ4v) is 5.58. The van der Waals surface area contributed by atoms with Gasteiger partial charge in [0.15, 0.2) is 24.2 Å². The Morgan fingerprint density at radius 3 is 2.20 bits per heavy atom. The van der Waals surface area contributed by atoms with Crippen LogP contribution >= 0.6 is 11.3 Å². The first-order valence-electron chi connectivity index (χ1n) is 15.2. The SMILES string of the molecule is CCCCCCCCCCCCCCOc1cc(CC(=O)Nc2cccc(C[n+]3csc(C)c3)c2)ccc1OC. The Morgan fingerprint density at radius 2 is 1.55 bits per heavy atom. The van der Waals surface area contributed by atoms with Gasteiger partial charge >= 0.3 is 0 Å². The summed E-state index contributed by atoms with van der Waals surface area (Å²) in [5.74, 6) is 1.37. The number of nitrogens with one attached hydrogen (secondary N) is 1. The third-order valence-electron chi connectivity index (χ3n) is 7.15. The van der Waals surface area contributed by atoms with Gasteiger partial charge in [0, 0.05) is 11.3 Å². The van der Waals surface area contributed by atoms with Crippen molar-refractivity contribution in [3.63, 3.8) is 0 Å². The van der Waals surface area contributed by atoms with Crippen LogP contribution in [0, 0.1) is 6.92 Å². The average molecular weight is 566 g/mol. The number of thiazole rings is 1. The van der Waals surface area contributed by atoms with Gasteiger partial charge in [-0.15, -0.1) is 0 Å². The molecule has 0 aliphatic heterocycles. The molecule has 1 aromatic heterocycles. The minimum atomic E-state index is -0.0479. The Kier molecular flexibility index (Phi) is 14.6. The number of ether oxygens (including phenoxy) is 2. The summed E-state index contributed by atoms with van der Waals surface area (Å²) in [5, 5.41) is 3.05. The Labute approximate surface area is 245 Å². The number of aromatic nitrogens is 1. The van der Waals surface area contributed by atoms with Crippen molar-refractivity contribution >= 4 is 22.9 Å². The first-order chi connectivity index (χ1) is 19.6. The highest BCUT2D eigenvalue weighted by atomic mass is 32.1. The van der Waals surface area contributed by atoms with E-state index in [9.17, 15) is 4.79 Å². The van der Waals surface area contributed by atoms with Crippen LogP contribution < -0.4 is 19.4 Å². The number of rotatable bonds is 20.